The molecule has 0 spiro atoms. The Hall–Kier alpha value is -0.540. The molecular formula is C10H20O3. The van der Waals surface area contributed by atoms with Crippen molar-refractivity contribution in [1.82, 2.24) is 0 Å². The fourth-order valence-corrected chi connectivity index (χ4v) is 1.03. The summed E-state index contributed by atoms with van der Waals surface area (Å²) in [6, 6.07) is 0. The number of unbranched alkanes of at least 4 members (excludes halogenated alkanes) is 5. The minimum absolute atomic E-state index is 0.583. The van der Waals surface area contributed by atoms with Crippen LogP contribution in [0.25, 0.3) is 0 Å². The minimum atomic E-state index is 0.583. The lowest BCUT2D eigenvalue weighted by atomic mass is 10.1. The van der Waals surface area contributed by atoms with Gasteiger partial charge < -0.3 is 4.89 Å². The van der Waals surface area contributed by atoms with E-state index in [-0.39, 0.29) is 0 Å². The van der Waals surface area contributed by atoms with Crippen LogP contribution in [-0.4, -0.2) is 6.61 Å². The van der Waals surface area contributed by atoms with E-state index in [1.807, 2.05) is 0 Å². The van der Waals surface area contributed by atoms with E-state index in [0.29, 0.717) is 6.61 Å². The zero-order valence-electron chi connectivity index (χ0n) is 8.46. The molecule has 78 valence electrons. The lowest BCUT2D eigenvalue weighted by Gasteiger charge is -2.00. The van der Waals surface area contributed by atoms with E-state index >= 15 is 0 Å². The van der Waals surface area contributed by atoms with Gasteiger partial charge in [-0.25, -0.2) is 0 Å². The van der Waals surface area contributed by atoms with Crippen molar-refractivity contribution in [2.24, 2.45) is 0 Å². The minimum Gasteiger partial charge on any atom is -0.317 e. The average Bonchev–Trinajstić information content (AvgIpc) is 2.16. The topological polar surface area (TPSA) is 27.7 Å². The molecule has 3 nitrogen and oxygen atoms in total. The molecule has 0 N–H and O–H groups in total. The number of hydrogen-bond donors (Lipinski definition) is 0. The molecular weight excluding hydrogens is 168 g/mol. The van der Waals surface area contributed by atoms with Gasteiger partial charge in [0.2, 0.25) is 0 Å². The summed E-state index contributed by atoms with van der Waals surface area (Å²) in [5.74, 6) is 0. The second-order valence-electron chi connectivity index (χ2n) is 2.92. The van der Waals surface area contributed by atoms with E-state index in [2.05, 4.69) is 28.3 Å². The predicted molar refractivity (Wildman–Crippen MR) is 51.7 cm³/mol. The molecule has 0 radical (unpaired) electrons. The molecule has 0 heterocycles. The smallest absolute Gasteiger partial charge is 0.125 e. The van der Waals surface area contributed by atoms with Crippen molar-refractivity contribution in [1.29, 1.82) is 0 Å². The van der Waals surface area contributed by atoms with Gasteiger partial charge in [-0.2, -0.15) is 4.89 Å². The quantitative estimate of drug-likeness (QED) is 0.228. The zero-order chi connectivity index (χ0) is 9.78. The van der Waals surface area contributed by atoms with Crippen LogP contribution in [0.5, 0.6) is 0 Å². The zero-order valence-corrected chi connectivity index (χ0v) is 8.46. The van der Waals surface area contributed by atoms with Gasteiger partial charge in [0.25, 0.3) is 0 Å². The average molecular weight is 188 g/mol. The number of rotatable bonds is 10. The molecule has 0 aromatic rings. The van der Waals surface area contributed by atoms with Gasteiger partial charge in [0.05, 0.1) is 6.61 Å². The maximum atomic E-state index is 4.69. The van der Waals surface area contributed by atoms with Gasteiger partial charge in [-0.1, -0.05) is 45.6 Å². The van der Waals surface area contributed by atoms with Crippen molar-refractivity contribution < 1.29 is 14.8 Å². The van der Waals surface area contributed by atoms with E-state index < -0.39 is 0 Å². The Morgan fingerprint density at radius 3 is 2.46 bits per heavy atom. The molecule has 0 fully saturated rings. The van der Waals surface area contributed by atoms with Crippen LogP contribution < -0.4 is 0 Å². The highest BCUT2D eigenvalue weighted by atomic mass is 17.5. The lowest BCUT2D eigenvalue weighted by Crippen LogP contribution is -1.95. The highest BCUT2D eigenvalue weighted by Gasteiger charge is 1.91. The molecule has 3 heteroatoms. The summed E-state index contributed by atoms with van der Waals surface area (Å²) in [5.41, 5.74) is 0. The first-order chi connectivity index (χ1) is 6.41. The van der Waals surface area contributed by atoms with Crippen molar-refractivity contribution >= 4 is 0 Å². The van der Waals surface area contributed by atoms with Crippen molar-refractivity contribution in [3.63, 3.8) is 0 Å². The van der Waals surface area contributed by atoms with Crippen LogP contribution in [0.1, 0.15) is 45.4 Å². The molecule has 0 rings (SSSR count). The molecule has 0 aromatic heterocycles. The van der Waals surface area contributed by atoms with E-state index in [0.717, 1.165) is 6.42 Å². The van der Waals surface area contributed by atoms with Crippen molar-refractivity contribution in [2.45, 2.75) is 45.4 Å². The van der Waals surface area contributed by atoms with Crippen LogP contribution in [0.4, 0.5) is 0 Å². The Balaban J connectivity index is 2.79. The normalized spacial score (nSPS) is 9.92. The highest BCUT2D eigenvalue weighted by molar-refractivity contribution is 4.42. The Labute approximate surface area is 80.5 Å². The summed E-state index contributed by atoms with van der Waals surface area (Å²) >= 11 is 0. The Bertz CT molecular complexity index is 104. The van der Waals surface area contributed by atoms with E-state index in [1.165, 1.54) is 38.4 Å². The van der Waals surface area contributed by atoms with Gasteiger partial charge in [-0.3, -0.25) is 0 Å². The molecule has 0 aliphatic rings. The molecule has 0 bridgehead atoms. The van der Waals surface area contributed by atoms with E-state index in [1.54, 1.807) is 0 Å². The summed E-state index contributed by atoms with van der Waals surface area (Å²) < 4.78 is 0. The van der Waals surface area contributed by atoms with Gasteiger partial charge in [0.15, 0.2) is 0 Å². The largest absolute Gasteiger partial charge is 0.317 e. The molecule has 0 unspecified atom stereocenters. The highest BCUT2D eigenvalue weighted by Crippen LogP contribution is 2.04. The second kappa shape index (κ2) is 11.5. The van der Waals surface area contributed by atoms with Crippen molar-refractivity contribution in [2.75, 3.05) is 6.61 Å². The number of hydrogen-bond acceptors (Lipinski definition) is 3. The molecule has 0 saturated heterocycles. The third-order valence-electron chi connectivity index (χ3n) is 1.74. The van der Waals surface area contributed by atoms with Gasteiger partial charge in [-0.05, 0) is 11.5 Å². The fraction of sp³-hybridized carbons (Fsp3) is 0.800. The SMILES string of the molecule is C=COOOCCCCCCCC. The predicted octanol–water partition coefficient (Wildman–Crippen LogP) is 3.37. The summed E-state index contributed by atoms with van der Waals surface area (Å²) in [6.07, 6.45) is 8.60. The first-order valence-electron chi connectivity index (χ1n) is 4.97. The summed E-state index contributed by atoms with van der Waals surface area (Å²) in [7, 11) is 0. The maximum Gasteiger partial charge on any atom is 0.125 e. The monoisotopic (exact) mass is 188 g/mol. The van der Waals surface area contributed by atoms with Crippen LogP contribution in [-0.2, 0) is 14.8 Å². The molecule has 0 saturated carbocycles. The standard InChI is InChI=1S/C10H20O3/c1-3-5-6-7-8-9-10-12-13-11-4-2/h4H,2-3,5-10H2,1H3. The Morgan fingerprint density at radius 2 is 1.77 bits per heavy atom. The molecule has 0 atom stereocenters. The molecule has 0 aliphatic carbocycles. The van der Waals surface area contributed by atoms with E-state index in [4.69, 9.17) is 0 Å². The summed E-state index contributed by atoms with van der Waals surface area (Å²) in [5, 5.41) is 4.29. The second-order valence-corrected chi connectivity index (χ2v) is 2.92. The van der Waals surface area contributed by atoms with Crippen LogP contribution in [0.15, 0.2) is 12.8 Å². The summed E-state index contributed by atoms with van der Waals surface area (Å²) in [4.78, 5) is 9.01. The lowest BCUT2D eigenvalue weighted by molar-refractivity contribution is -0.489. The Kier molecular flexibility index (Phi) is 11.0. The first kappa shape index (κ1) is 12.5. The van der Waals surface area contributed by atoms with E-state index in [9.17, 15) is 0 Å². The van der Waals surface area contributed by atoms with Crippen LogP contribution in [0, 0.1) is 0 Å². The third-order valence-corrected chi connectivity index (χ3v) is 1.74. The first-order valence-corrected chi connectivity index (χ1v) is 4.97. The van der Waals surface area contributed by atoms with Gasteiger partial charge in [-0.15, -0.1) is 0 Å². The van der Waals surface area contributed by atoms with Crippen molar-refractivity contribution in [3.8, 4) is 0 Å². The van der Waals surface area contributed by atoms with Crippen LogP contribution >= 0.6 is 0 Å². The van der Waals surface area contributed by atoms with Gasteiger partial charge in [0, 0.05) is 0 Å². The molecule has 0 amide bonds. The maximum absolute atomic E-state index is 4.69. The van der Waals surface area contributed by atoms with Crippen molar-refractivity contribution in [3.05, 3.63) is 12.8 Å². The van der Waals surface area contributed by atoms with Crippen LogP contribution in [0.3, 0.4) is 0 Å². The molecule has 0 aromatic carbocycles. The fourth-order valence-electron chi connectivity index (χ4n) is 1.03. The molecule has 13 heavy (non-hydrogen) atoms. The summed E-state index contributed by atoms with van der Waals surface area (Å²) in [6.45, 7) is 6.10. The van der Waals surface area contributed by atoms with Gasteiger partial charge in [0.1, 0.15) is 6.26 Å². The molecule has 0 aliphatic heterocycles. The third kappa shape index (κ3) is 11.5. The van der Waals surface area contributed by atoms with Gasteiger partial charge >= 0.3 is 0 Å². The Morgan fingerprint density at radius 1 is 1.08 bits per heavy atom. The van der Waals surface area contributed by atoms with Crippen LogP contribution in [0.2, 0.25) is 0 Å².